The fourth-order valence-electron chi connectivity index (χ4n) is 4.26. The molecule has 3 rings (SSSR count). The van der Waals surface area contributed by atoms with Gasteiger partial charge in [0, 0.05) is 4.83 Å². The van der Waals surface area contributed by atoms with Crippen molar-refractivity contribution in [1.29, 1.82) is 0 Å². The zero-order valence-electron chi connectivity index (χ0n) is 13.2. The molecule has 1 unspecified atom stereocenters. The van der Waals surface area contributed by atoms with Crippen molar-refractivity contribution in [2.45, 2.75) is 81.4 Å². The third-order valence-electron chi connectivity index (χ3n) is 5.65. The van der Waals surface area contributed by atoms with Gasteiger partial charge in [0.15, 0.2) is 0 Å². The molecule has 0 spiro atoms. The zero-order chi connectivity index (χ0) is 14.5. The van der Waals surface area contributed by atoms with Gasteiger partial charge in [0.1, 0.15) is 0 Å². The van der Waals surface area contributed by atoms with Crippen LogP contribution in [-0.4, -0.2) is 0 Å². The van der Waals surface area contributed by atoms with Crippen LogP contribution in [0, 0.1) is 5.92 Å². The van der Waals surface area contributed by atoms with E-state index in [1.807, 2.05) is 0 Å². The Labute approximate surface area is 138 Å². The summed E-state index contributed by atoms with van der Waals surface area (Å²) >= 11 is 4.00. The first-order valence-corrected chi connectivity index (χ1v) is 10.00. The van der Waals surface area contributed by atoms with E-state index in [0.717, 1.165) is 11.8 Å². The lowest BCUT2D eigenvalue weighted by molar-refractivity contribution is 0.442. The van der Waals surface area contributed by atoms with Gasteiger partial charge >= 0.3 is 0 Å². The van der Waals surface area contributed by atoms with E-state index < -0.39 is 0 Å². The van der Waals surface area contributed by atoms with Crippen molar-refractivity contribution in [1.82, 2.24) is 0 Å². The summed E-state index contributed by atoms with van der Waals surface area (Å²) in [6.45, 7) is 0. The maximum atomic E-state index is 4.00. The molecule has 21 heavy (non-hydrogen) atoms. The van der Waals surface area contributed by atoms with E-state index in [1.54, 1.807) is 5.56 Å². The Bertz CT molecular complexity index is 408. The Balaban J connectivity index is 1.64. The minimum absolute atomic E-state index is 0.566. The summed E-state index contributed by atoms with van der Waals surface area (Å²) in [5.41, 5.74) is 3.08. The predicted octanol–water partition coefficient (Wildman–Crippen LogP) is 7.14. The van der Waals surface area contributed by atoms with E-state index in [9.17, 15) is 0 Å². The number of rotatable bonds is 3. The van der Waals surface area contributed by atoms with Crippen molar-refractivity contribution in [3.8, 4) is 0 Å². The van der Waals surface area contributed by atoms with Crippen LogP contribution in [0.3, 0.4) is 0 Å². The molecular formula is C20H29Br. The molecule has 0 heterocycles. The molecule has 0 nitrogen and oxygen atoms in total. The molecule has 0 aliphatic heterocycles. The van der Waals surface area contributed by atoms with Gasteiger partial charge in [-0.05, 0) is 48.6 Å². The van der Waals surface area contributed by atoms with Gasteiger partial charge in [0.05, 0.1) is 0 Å². The van der Waals surface area contributed by atoms with Crippen molar-refractivity contribution < 1.29 is 0 Å². The van der Waals surface area contributed by atoms with Gasteiger partial charge in [0.25, 0.3) is 0 Å². The minimum atomic E-state index is 0.566. The lowest BCUT2D eigenvalue weighted by atomic mass is 9.83. The molecule has 1 atom stereocenters. The second-order valence-corrected chi connectivity index (χ2v) is 8.14. The average molecular weight is 349 g/mol. The largest absolute Gasteiger partial charge is 0.0836 e. The highest BCUT2D eigenvalue weighted by Gasteiger charge is 2.22. The highest BCUT2D eigenvalue weighted by molar-refractivity contribution is 9.09. The molecule has 0 N–H and O–H groups in total. The van der Waals surface area contributed by atoms with E-state index in [-0.39, 0.29) is 0 Å². The number of hydrogen-bond donors (Lipinski definition) is 0. The molecule has 1 heteroatoms. The molecule has 1 aromatic carbocycles. The summed E-state index contributed by atoms with van der Waals surface area (Å²) in [4.78, 5) is 0.566. The minimum Gasteiger partial charge on any atom is -0.0836 e. The van der Waals surface area contributed by atoms with Crippen LogP contribution in [-0.2, 0) is 0 Å². The third kappa shape index (κ3) is 4.12. The lowest BCUT2D eigenvalue weighted by Gasteiger charge is -2.24. The zero-order valence-corrected chi connectivity index (χ0v) is 14.8. The number of alkyl halides is 1. The molecule has 0 radical (unpaired) electrons. The molecule has 2 aliphatic carbocycles. The van der Waals surface area contributed by atoms with Crippen LogP contribution in [0.25, 0.3) is 0 Å². The SMILES string of the molecule is BrC(c1ccc(C2CCCCC2)cc1)C1CCCCCC1. The van der Waals surface area contributed by atoms with E-state index in [1.165, 1.54) is 76.2 Å². The lowest BCUT2D eigenvalue weighted by Crippen LogP contribution is -2.08. The van der Waals surface area contributed by atoms with Crippen LogP contribution in [0.4, 0.5) is 0 Å². The molecular weight excluding hydrogens is 320 g/mol. The monoisotopic (exact) mass is 348 g/mol. The fourth-order valence-corrected chi connectivity index (χ4v) is 5.10. The average Bonchev–Trinajstić information content (AvgIpc) is 2.84. The summed E-state index contributed by atoms with van der Waals surface area (Å²) in [6.07, 6.45) is 15.6. The topological polar surface area (TPSA) is 0 Å². The highest BCUT2D eigenvalue weighted by atomic mass is 79.9. The first-order chi connectivity index (χ1) is 10.3. The maximum Gasteiger partial charge on any atom is 0.0423 e. The van der Waals surface area contributed by atoms with E-state index >= 15 is 0 Å². The van der Waals surface area contributed by atoms with Gasteiger partial charge in [-0.2, -0.15) is 0 Å². The fraction of sp³-hybridized carbons (Fsp3) is 0.700. The highest BCUT2D eigenvalue weighted by Crippen LogP contribution is 2.40. The summed E-state index contributed by atoms with van der Waals surface area (Å²) in [7, 11) is 0. The van der Waals surface area contributed by atoms with Crippen molar-refractivity contribution in [3.63, 3.8) is 0 Å². The Hall–Kier alpha value is -0.300. The normalized spacial score (nSPS) is 23.7. The van der Waals surface area contributed by atoms with Crippen LogP contribution >= 0.6 is 15.9 Å². The molecule has 2 fully saturated rings. The summed E-state index contributed by atoms with van der Waals surface area (Å²) in [5.74, 6) is 1.67. The second-order valence-electron chi connectivity index (χ2n) is 7.16. The van der Waals surface area contributed by atoms with Gasteiger partial charge in [0.2, 0.25) is 0 Å². The van der Waals surface area contributed by atoms with E-state index in [4.69, 9.17) is 0 Å². The van der Waals surface area contributed by atoms with Crippen LogP contribution < -0.4 is 0 Å². The molecule has 2 saturated carbocycles. The number of benzene rings is 1. The second kappa shape index (κ2) is 7.81. The van der Waals surface area contributed by atoms with Gasteiger partial charge < -0.3 is 0 Å². The van der Waals surface area contributed by atoms with Gasteiger partial charge in [-0.25, -0.2) is 0 Å². The summed E-state index contributed by atoms with van der Waals surface area (Å²) in [6, 6.07) is 9.62. The Morgan fingerprint density at radius 1 is 0.714 bits per heavy atom. The molecule has 2 aliphatic rings. The quantitative estimate of drug-likeness (QED) is 0.402. The van der Waals surface area contributed by atoms with Crippen LogP contribution in [0.15, 0.2) is 24.3 Å². The molecule has 116 valence electrons. The molecule has 0 bridgehead atoms. The van der Waals surface area contributed by atoms with Crippen molar-refractivity contribution in [2.24, 2.45) is 5.92 Å². The predicted molar refractivity (Wildman–Crippen MR) is 95.1 cm³/mol. The Kier molecular flexibility index (Phi) is 5.80. The first kappa shape index (κ1) is 15.6. The van der Waals surface area contributed by atoms with Crippen molar-refractivity contribution in [2.75, 3.05) is 0 Å². The third-order valence-corrected chi connectivity index (χ3v) is 6.92. The molecule has 1 aromatic rings. The van der Waals surface area contributed by atoms with Crippen molar-refractivity contribution in [3.05, 3.63) is 35.4 Å². The maximum absolute atomic E-state index is 4.00. The van der Waals surface area contributed by atoms with Gasteiger partial charge in [-0.15, -0.1) is 0 Å². The van der Waals surface area contributed by atoms with Gasteiger partial charge in [-0.3, -0.25) is 0 Å². The Morgan fingerprint density at radius 2 is 1.24 bits per heavy atom. The first-order valence-electron chi connectivity index (χ1n) is 9.08. The van der Waals surface area contributed by atoms with Crippen LogP contribution in [0.5, 0.6) is 0 Å². The summed E-state index contributed by atoms with van der Waals surface area (Å²) < 4.78 is 0. The van der Waals surface area contributed by atoms with Gasteiger partial charge in [-0.1, -0.05) is 85.1 Å². The number of hydrogen-bond acceptors (Lipinski definition) is 0. The van der Waals surface area contributed by atoms with Crippen LogP contribution in [0.2, 0.25) is 0 Å². The van der Waals surface area contributed by atoms with E-state index in [2.05, 4.69) is 40.2 Å². The van der Waals surface area contributed by atoms with E-state index in [0.29, 0.717) is 4.83 Å². The number of halogens is 1. The summed E-state index contributed by atoms with van der Waals surface area (Å²) in [5, 5.41) is 0. The molecule has 0 saturated heterocycles. The Morgan fingerprint density at radius 3 is 1.86 bits per heavy atom. The smallest absolute Gasteiger partial charge is 0.0423 e. The standard InChI is InChI=1S/C20H29Br/c21-20(18-10-4-1-2-5-11-18)19-14-12-17(13-15-19)16-8-6-3-7-9-16/h12-16,18,20H,1-11H2. The molecule has 0 amide bonds. The van der Waals surface area contributed by atoms with Crippen LogP contribution in [0.1, 0.15) is 92.5 Å². The van der Waals surface area contributed by atoms with Crippen molar-refractivity contribution >= 4 is 15.9 Å². The molecule has 0 aromatic heterocycles.